The first-order valence-electron chi connectivity index (χ1n) is 9.35. The van der Waals surface area contributed by atoms with Gasteiger partial charge in [-0.15, -0.1) is 0 Å². The predicted octanol–water partition coefficient (Wildman–Crippen LogP) is 4.68. The lowest BCUT2D eigenvalue weighted by Gasteiger charge is -2.13. The van der Waals surface area contributed by atoms with E-state index in [1.807, 2.05) is 0 Å². The summed E-state index contributed by atoms with van der Waals surface area (Å²) in [5, 5.41) is 4.62. The summed E-state index contributed by atoms with van der Waals surface area (Å²) in [5.74, 6) is -3.36. The number of hydrogen-bond acceptors (Lipinski definition) is 3. The minimum absolute atomic E-state index is 0.134. The highest BCUT2D eigenvalue weighted by Crippen LogP contribution is 2.23. The van der Waals surface area contributed by atoms with Crippen molar-refractivity contribution in [2.75, 3.05) is 11.9 Å². The Morgan fingerprint density at radius 1 is 1.10 bits per heavy atom. The van der Waals surface area contributed by atoms with Crippen LogP contribution in [0.25, 0.3) is 0 Å². The van der Waals surface area contributed by atoms with E-state index in [4.69, 9.17) is 4.42 Å². The van der Waals surface area contributed by atoms with Crippen molar-refractivity contribution < 1.29 is 31.6 Å². The van der Waals surface area contributed by atoms with Gasteiger partial charge in [-0.1, -0.05) is 0 Å². The van der Waals surface area contributed by atoms with Crippen molar-refractivity contribution in [3.8, 4) is 0 Å². The normalized spacial score (nSPS) is 11.0. The zero-order valence-electron chi connectivity index (χ0n) is 16.4. The van der Waals surface area contributed by atoms with Crippen molar-refractivity contribution in [2.24, 2.45) is 0 Å². The smallest absolute Gasteiger partial charge is 0.319 e. The van der Waals surface area contributed by atoms with Crippen LogP contribution in [0, 0.1) is 18.6 Å². The van der Waals surface area contributed by atoms with Gasteiger partial charge in [-0.05, 0) is 43.7 Å². The maximum absolute atomic E-state index is 14.1. The van der Waals surface area contributed by atoms with Crippen LogP contribution in [0.5, 0.6) is 0 Å². The number of nitrogens with one attached hydrogen (secondary N) is 2. The van der Waals surface area contributed by atoms with Crippen LogP contribution >= 0.6 is 0 Å². The van der Waals surface area contributed by atoms with Gasteiger partial charge < -0.3 is 15.1 Å². The second kappa shape index (κ2) is 9.50. The molecule has 2 amide bonds. The highest BCUT2D eigenvalue weighted by atomic mass is 19.3. The Bertz CT molecular complexity index is 1080. The van der Waals surface area contributed by atoms with Gasteiger partial charge in [0, 0.05) is 24.7 Å². The highest BCUT2D eigenvalue weighted by Gasteiger charge is 2.22. The van der Waals surface area contributed by atoms with Crippen molar-refractivity contribution in [3.63, 3.8) is 0 Å². The number of rotatable bonds is 8. The number of aromatic nitrogens is 1. The molecule has 0 atom stereocenters. The first kappa shape index (κ1) is 22.1. The summed E-state index contributed by atoms with van der Waals surface area (Å²) in [6.45, 7) is -1.38. The second-order valence-corrected chi connectivity index (χ2v) is 6.71. The molecule has 2 aromatic heterocycles. The molecule has 3 aromatic rings. The largest absolute Gasteiger partial charge is 0.469 e. The number of hydrogen-bond donors (Lipinski definition) is 2. The molecule has 0 aliphatic heterocycles. The minimum Gasteiger partial charge on any atom is -0.469 e. The van der Waals surface area contributed by atoms with E-state index < -0.39 is 46.9 Å². The van der Waals surface area contributed by atoms with Gasteiger partial charge in [0.15, 0.2) is 0 Å². The number of nitrogens with zero attached hydrogens (tertiary/aromatic N) is 1. The minimum atomic E-state index is -2.98. The molecule has 6 nitrogen and oxygen atoms in total. The maximum atomic E-state index is 14.1. The predicted molar refractivity (Wildman–Crippen MR) is 104 cm³/mol. The molecule has 164 valence electrons. The van der Waals surface area contributed by atoms with Crippen LogP contribution < -0.4 is 10.6 Å². The highest BCUT2D eigenvalue weighted by molar-refractivity contribution is 6.04. The molecule has 0 bridgehead atoms. The summed E-state index contributed by atoms with van der Waals surface area (Å²) in [6, 6.07) is 7.26. The van der Waals surface area contributed by atoms with E-state index in [0.29, 0.717) is 23.5 Å². The number of halogens is 4. The summed E-state index contributed by atoms with van der Waals surface area (Å²) in [5.41, 5.74) is -1.27. The van der Waals surface area contributed by atoms with Gasteiger partial charge in [0.25, 0.3) is 11.8 Å². The SMILES string of the molecule is Cc1ccc(C(=O)Nc2cc(C(=O)NCCCc3ccco3)c(F)cc2F)n1C(F)F. The van der Waals surface area contributed by atoms with E-state index in [9.17, 15) is 27.2 Å². The number of benzene rings is 1. The molecule has 0 aliphatic rings. The molecule has 0 saturated heterocycles. The van der Waals surface area contributed by atoms with E-state index in [1.54, 1.807) is 12.1 Å². The van der Waals surface area contributed by atoms with E-state index in [0.717, 1.165) is 17.9 Å². The van der Waals surface area contributed by atoms with Gasteiger partial charge in [0.1, 0.15) is 23.1 Å². The van der Waals surface area contributed by atoms with Crippen LogP contribution in [-0.4, -0.2) is 22.9 Å². The topological polar surface area (TPSA) is 76.3 Å². The molecule has 3 rings (SSSR count). The zero-order chi connectivity index (χ0) is 22.5. The Balaban J connectivity index is 1.70. The fourth-order valence-corrected chi connectivity index (χ4v) is 3.01. The second-order valence-electron chi connectivity index (χ2n) is 6.71. The molecular formula is C21H19F4N3O3. The molecule has 0 radical (unpaired) electrons. The molecule has 2 N–H and O–H groups in total. The van der Waals surface area contributed by atoms with Crippen LogP contribution in [0.2, 0.25) is 0 Å². The molecule has 0 fully saturated rings. The average Bonchev–Trinajstić information content (AvgIpc) is 3.36. The lowest BCUT2D eigenvalue weighted by atomic mass is 10.1. The lowest BCUT2D eigenvalue weighted by Crippen LogP contribution is -2.26. The lowest BCUT2D eigenvalue weighted by molar-refractivity contribution is 0.0632. The van der Waals surface area contributed by atoms with Gasteiger partial charge in [-0.2, -0.15) is 8.78 Å². The van der Waals surface area contributed by atoms with Crippen LogP contribution in [0.1, 0.15) is 45.3 Å². The molecule has 0 saturated carbocycles. The van der Waals surface area contributed by atoms with E-state index in [1.165, 1.54) is 19.3 Å². The number of aryl methyl sites for hydroxylation is 2. The molecule has 10 heteroatoms. The molecule has 0 spiro atoms. The average molecular weight is 437 g/mol. The molecule has 1 aromatic carbocycles. The van der Waals surface area contributed by atoms with E-state index in [2.05, 4.69) is 10.6 Å². The monoisotopic (exact) mass is 437 g/mol. The van der Waals surface area contributed by atoms with Crippen LogP contribution in [-0.2, 0) is 6.42 Å². The zero-order valence-corrected chi connectivity index (χ0v) is 16.4. The summed E-state index contributed by atoms with van der Waals surface area (Å²) in [4.78, 5) is 24.6. The summed E-state index contributed by atoms with van der Waals surface area (Å²) >= 11 is 0. The quantitative estimate of drug-likeness (QED) is 0.397. The molecule has 0 unspecified atom stereocenters. The third-order valence-corrected chi connectivity index (χ3v) is 4.56. The van der Waals surface area contributed by atoms with E-state index >= 15 is 0 Å². The summed E-state index contributed by atoms with van der Waals surface area (Å²) in [7, 11) is 0. The van der Waals surface area contributed by atoms with Crippen molar-refractivity contribution in [1.82, 2.24) is 9.88 Å². The summed E-state index contributed by atoms with van der Waals surface area (Å²) in [6.07, 6.45) is 2.61. The number of amides is 2. The third kappa shape index (κ3) is 5.14. The Labute approximate surface area is 174 Å². The molecule has 2 heterocycles. The standard InChI is InChI=1S/C21H19F4N3O3/c1-12-6-7-18(28(12)21(24)25)20(30)27-17-10-14(15(22)11-16(17)23)19(29)26-8-2-4-13-5-3-9-31-13/h3,5-7,9-11,21H,2,4,8H2,1H3,(H,26,29)(H,27,30). The Morgan fingerprint density at radius 3 is 2.55 bits per heavy atom. The van der Waals surface area contributed by atoms with Gasteiger partial charge in [-0.25, -0.2) is 8.78 Å². The van der Waals surface area contributed by atoms with Crippen molar-refractivity contribution in [1.29, 1.82) is 0 Å². The van der Waals surface area contributed by atoms with Crippen LogP contribution in [0.4, 0.5) is 23.2 Å². The summed E-state index contributed by atoms with van der Waals surface area (Å²) < 4.78 is 60.2. The van der Waals surface area contributed by atoms with Gasteiger partial charge in [0.05, 0.1) is 17.5 Å². The molecule has 0 aliphatic carbocycles. The van der Waals surface area contributed by atoms with Crippen molar-refractivity contribution in [3.05, 3.63) is 77.0 Å². The van der Waals surface area contributed by atoms with Crippen LogP contribution in [0.15, 0.2) is 47.1 Å². The van der Waals surface area contributed by atoms with Crippen LogP contribution in [0.3, 0.4) is 0 Å². The number of carbonyl (C=O) groups excluding carboxylic acids is 2. The fraction of sp³-hybridized carbons (Fsp3) is 0.238. The van der Waals surface area contributed by atoms with E-state index in [-0.39, 0.29) is 12.2 Å². The van der Waals surface area contributed by atoms with Crippen molar-refractivity contribution >= 4 is 17.5 Å². The van der Waals surface area contributed by atoms with Gasteiger partial charge in [-0.3, -0.25) is 14.2 Å². The first-order chi connectivity index (χ1) is 14.8. The Kier molecular flexibility index (Phi) is 6.78. The first-order valence-corrected chi connectivity index (χ1v) is 9.35. The number of anilines is 1. The van der Waals surface area contributed by atoms with Gasteiger partial charge in [0.2, 0.25) is 0 Å². The molecular weight excluding hydrogens is 418 g/mol. The number of alkyl halides is 2. The van der Waals surface area contributed by atoms with Crippen molar-refractivity contribution in [2.45, 2.75) is 26.3 Å². The van der Waals surface area contributed by atoms with Gasteiger partial charge >= 0.3 is 6.55 Å². The Morgan fingerprint density at radius 2 is 1.87 bits per heavy atom. The number of carbonyl (C=O) groups is 2. The third-order valence-electron chi connectivity index (χ3n) is 4.56. The molecule has 31 heavy (non-hydrogen) atoms. The number of furan rings is 1. The maximum Gasteiger partial charge on any atom is 0.319 e. The Hall–Kier alpha value is -3.56. The fourth-order valence-electron chi connectivity index (χ4n) is 3.01.